The average molecular weight is 479 g/mol. The second-order valence-corrected chi connectivity index (χ2v) is 12.8. The predicted octanol–water partition coefficient (Wildman–Crippen LogP) is 3.81. The minimum atomic E-state index is -3.75. The fourth-order valence-electron chi connectivity index (χ4n) is 7.15. The number of benzene rings is 2. The van der Waals surface area contributed by atoms with Crippen molar-refractivity contribution in [3.8, 4) is 0 Å². The summed E-state index contributed by atoms with van der Waals surface area (Å²) in [5.41, 5.74) is -0.0660. The lowest BCUT2D eigenvalue weighted by molar-refractivity contribution is -0.135. The summed E-state index contributed by atoms with van der Waals surface area (Å²) in [6.07, 6.45) is 2.94. The van der Waals surface area contributed by atoms with Gasteiger partial charge in [0.25, 0.3) is 5.91 Å². The first kappa shape index (κ1) is 21.8. The van der Waals surface area contributed by atoms with Crippen LogP contribution in [0.25, 0.3) is 0 Å². The quantitative estimate of drug-likeness (QED) is 0.670. The van der Waals surface area contributed by atoms with Crippen LogP contribution in [-0.2, 0) is 26.0 Å². The lowest BCUT2D eigenvalue weighted by atomic mass is 9.69. The molecule has 3 fully saturated rings. The third-order valence-electron chi connectivity index (χ3n) is 9.13. The van der Waals surface area contributed by atoms with Crippen LogP contribution in [0.2, 0.25) is 0 Å². The van der Waals surface area contributed by atoms with E-state index in [9.17, 15) is 13.2 Å². The second kappa shape index (κ2) is 7.17. The first-order chi connectivity index (χ1) is 16.2. The maximum absolute atomic E-state index is 14.4. The van der Waals surface area contributed by atoms with E-state index in [1.807, 2.05) is 60.7 Å². The van der Waals surface area contributed by atoms with Crippen molar-refractivity contribution in [3.63, 3.8) is 0 Å². The number of amides is 1. The minimum absolute atomic E-state index is 0.0313. The molecule has 2 aromatic rings. The van der Waals surface area contributed by atoms with Gasteiger partial charge in [0.15, 0.2) is 5.54 Å². The number of aliphatic imine (C=N–C) groups is 1. The number of rotatable bonds is 4. The molecule has 2 heterocycles. The lowest BCUT2D eigenvalue weighted by Gasteiger charge is -2.38. The molecule has 2 aliphatic carbocycles. The summed E-state index contributed by atoms with van der Waals surface area (Å²) in [4.78, 5) is 19.2. The molecule has 7 heteroatoms. The molecule has 2 aromatic carbocycles. The smallest absolute Gasteiger partial charge is 0.268 e. The van der Waals surface area contributed by atoms with Crippen LogP contribution in [0.3, 0.4) is 0 Å². The van der Waals surface area contributed by atoms with Gasteiger partial charge in [-0.2, -0.15) is 0 Å². The van der Waals surface area contributed by atoms with Crippen molar-refractivity contribution >= 4 is 21.8 Å². The Hall–Kier alpha value is -2.67. The van der Waals surface area contributed by atoms with Crippen LogP contribution in [0.15, 0.2) is 65.7 Å². The van der Waals surface area contributed by atoms with E-state index in [1.54, 1.807) is 0 Å². The molecule has 6 rings (SSSR count). The fourth-order valence-corrected chi connectivity index (χ4v) is 9.74. The van der Waals surface area contributed by atoms with Crippen LogP contribution >= 0.6 is 0 Å². The summed E-state index contributed by atoms with van der Waals surface area (Å²) >= 11 is 0. The third kappa shape index (κ3) is 2.88. The second-order valence-electron chi connectivity index (χ2n) is 11.0. The summed E-state index contributed by atoms with van der Waals surface area (Å²) in [7, 11) is -3.75. The zero-order chi connectivity index (χ0) is 23.8. The van der Waals surface area contributed by atoms with Gasteiger partial charge in [0.2, 0.25) is 15.9 Å². The number of ether oxygens (including phenoxy) is 1. The largest absolute Gasteiger partial charge is 0.474 e. The van der Waals surface area contributed by atoms with E-state index < -0.39 is 21.5 Å². The number of fused-ring (bicyclic) bond motifs is 1. The van der Waals surface area contributed by atoms with E-state index in [0.717, 1.165) is 30.4 Å². The van der Waals surface area contributed by atoms with Crippen LogP contribution in [0.4, 0.5) is 0 Å². The van der Waals surface area contributed by atoms with Gasteiger partial charge in [-0.1, -0.05) is 62.4 Å². The Balaban J connectivity index is 1.44. The van der Waals surface area contributed by atoms with Crippen molar-refractivity contribution < 1.29 is 17.9 Å². The number of nitrogens with zero attached hydrogens (tertiary/aromatic N) is 2. The number of hydrogen-bond donors (Lipinski definition) is 0. The molecule has 1 amide bonds. The summed E-state index contributed by atoms with van der Waals surface area (Å²) < 4.78 is 34.5. The molecule has 2 aliphatic heterocycles. The minimum Gasteiger partial charge on any atom is -0.474 e. The van der Waals surface area contributed by atoms with Crippen molar-refractivity contribution in [3.05, 3.63) is 71.8 Å². The molecule has 0 aromatic heterocycles. The number of hydrogen-bond acceptors (Lipinski definition) is 5. The molecule has 6 nitrogen and oxygen atoms in total. The molecule has 178 valence electrons. The molecule has 1 spiro atoms. The Labute approximate surface area is 201 Å². The highest BCUT2D eigenvalue weighted by atomic mass is 32.2. The maximum Gasteiger partial charge on any atom is 0.268 e. The SMILES string of the molecule is CC1(C)[C@@H]2CC[C@]13CS(=O)(=O)N(C(=O)[C@]1(Cc4ccccc4)COC(c4ccccc4)=N1)[C@@H]3C2. The van der Waals surface area contributed by atoms with E-state index in [4.69, 9.17) is 9.73 Å². The highest BCUT2D eigenvalue weighted by Gasteiger charge is 2.73. The average Bonchev–Trinajstić information content (AvgIpc) is 3.48. The Morgan fingerprint density at radius 2 is 1.76 bits per heavy atom. The van der Waals surface area contributed by atoms with E-state index in [2.05, 4.69) is 13.8 Å². The molecule has 4 aliphatic rings. The van der Waals surface area contributed by atoms with Gasteiger partial charge in [0.05, 0.1) is 11.8 Å². The molecule has 34 heavy (non-hydrogen) atoms. The number of carbonyl (C=O) groups excluding carboxylic acids is 1. The van der Waals surface area contributed by atoms with Crippen LogP contribution in [0.5, 0.6) is 0 Å². The standard InChI is InChI=1S/C27H30N2O4S/c1-25(2)21-13-14-26(25)18-34(31,32)29(22(26)15-21)24(30)27(16-19-9-5-3-6-10-19)17-33-23(28-27)20-11-7-4-8-12-20/h3-12,21-22H,13-18H2,1-2H3/t21-,22-,26-,27+/m1/s1. The van der Waals surface area contributed by atoms with Gasteiger partial charge in [-0.05, 0) is 48.3 Å². The van der Waals surface area contributed by atoms with Crippen molar-refractivity contribution in [1.29, 1.82) is 0 Å². The molecular formula is C27H30N2O4S. The topological polar surface area (TPSA) is 76.0 Å². The van der Waals surface area contributed by atoms with Gasteiger partial charge in [0.1, 0.15) is 6.61 Å². The molecular weight excluding hydrogens is 448 g/mol. The monoisotopic (exact) mass is 478 g/mol. The highest BCUT2D eigenvalue weighted by Crippen LogP contribution is 2.70. The Morgan fingerprint density at radius 3 is 2.44 bits per heavy atom. The Morgan fingerprint density at radius 1 is 1.09 bits per heavy atom. The molecule has 0 radical (unpaired) electrons. The Kier molecular flexibility index (Phi) is 4.60. The Bertz CT molecular complexity index is 1270. The molecule has 1 saturated heterocycles. The normalized spacial score (nSPS) is 34.5. The first-order valence-corrected chi connectivity index (χ1v) is 13.7. The van der Waals surface area contributed by atoms with E-state index in [1.165, 1.54) is 4.31 Å². The van der Waals surface area contributed by atoms with E-state index in [-0.39, 0.29) is 29.2 Å². The maximum atomic E-state index is 14.4. The zero-order valence-corrected chi connectivity index (χ0v) is 20.4. The van der Waals surface area contributed by atoms with Gasteiger partial charge in [-0.3, -0.25) is 4.79 Å². The zero-order valence-electron chi connectivity index (χ0n) is 19.6. The van der Waals surface area contributed by atoms with E-state index >= 15 is 0 Å². The fraction of sp³-hybridized carbons (Fsp3) is 0.481. The van der Waals surface area contributed by atoms with Gasteiger partial charge >= 0.3 is 0 Å². The van der Waals surface area contributed by atoms with Gasteiger partial charge in [-0.25, -0.2) is 17.7 Å². The van der Waals surface area contributed by atoms with E-state index in [0.29, 0.717) is 18.2 Å². The lowest BCUT2D eigenvalue weighted by Crippen LogP contribution is -2.54. The molecule has 0 unspecified atom stereocenters. The highest BCUT2D eigenvalue weighted by molar-refractivity contribution is 7.90. The van der Waals surface area contributed by atoms with Crippen LogP contribution < -0.4 is 0 Å². The summed E-state index contributed by atoms with van der Waals surface area (Å²) in [6, 6.07) is 18.9. The van der Waals surface area contributed by atoms with Crippen LogP contribution in [-0.4, -0.2) is 48.5 Å². The summed E-state index contributed by atoms with van der Waals surface area (Å²) in [5.74, 6) is 0.450. The van der Waals surface area contributed by atoms with Crippen molar-refractivity contribution in [2.24, 2.45) is 21.7 Å². The van der Waals surface area contributed by atoms with Crippen LogP contribution in [0.1, 0.15) is 44.2 Å². The predicted molar refractivity (Wildman–Crippen MR) is 130 cm³/mol. The van der Waals surface area contributed by atoms with Gasteiger partial charge < -0.3 is 4.74 Å². The summed E-state index contributed by atoms with van der Waals surface area (Å²) in [6.45, 7) is 4.42. The van der Waals surface area contributed by atoms with Crippen molar-refractivity contribution in [2.75, 3.05) is 12.4 Å². The molecule has 2 saturated carbocycles. The molecule has 0 N–H and O–H groups in total. The van der Waals surface area contributed by atoms with Crippen molar-refractivity contribution in [2.45, 2.75) is 51.1 Å². The molecule has 4 atom stereocenters. The van der Waals surface area contributed by atoms with Gasteiger partial charge in [-0.15, -0.1) is 0 Å². The first-order valence-electron chi connectivity index (χ1n) is 12.1. The molecule has 2 bridgehead atoms. The van der Waals surface area contributed by atoms with Gasteiger partial charge in [0, 0.05) is 17.4 Å². The third-order valence-corrected chi connectivity index (χ3v) is 11.0. The number of sulfonamides is 1. The number of carbonyl (C=O) groups is 1. The summed E-state index contributed by atoms with van der Waals surface area (Å²) in [5, 5.41) is 0. The van der Waals surface area contributed by atoms with Crippen LogP contribution in [0, 0.1) is 16.7 Å². The van der Waals surface area contributed by atoms with Crippen molar-refractivity contribution in [1.82, 2.24) is 4.31 Å².